The van der Waals surface area contributed by atoms with Gasteiger partial charge in [-0.15, -0.1) is 0 Å². The summed E-state index contributed by atoms with van der Waals surface area (Å²) in [5.41, 5.74) is 9.12. The number of hydrogen-bond donors (Lipinski definition) is 4. The van der Waals surface area contributed by atoms with Gasteiger partial charge in [0.05, 0.1) is 11.3 Å². The van der Waals surface area contributed by atoms with E-state index in [0.29, 0.717) is 17.5 Å². The molecule has 0 saturated carbocycles. The van der Waals surface area contributed by atoms with Crippen molar-refractivity contribution in [3.63, 3.8) is 0 Å². The first-order valence-corrected chi connectivity index (χ1v) is 17.3. The number of nitrogens with one attached hydrogen (secondary N) is 4. The van der Waals surface area contributed by atoms with Gasteiger partial charge in [0.15, 0.2) is 0 Å². The Kier molecular flexibility index (Phi) is 12.9. The van der Waals surface area contributed by atoms with Crippen LogP contribution in [0.4, 0.5) is 22.7 Å². The molecule has 0 aliphatic carbocycles. The maximum absolute atomic E-state index is 14.0. The number of aromatic amines is 1. The summed E-state index contributed by atoms with van der Waals surface area (Å²) in [6.45, 7) is 14.2. The van der Waals surface area contributed by atoms with Crippen LogP contribution in [0.2, 0.25) is 0 Å². The van der Waals surface area contributed by atoms with Gasteiger partial charge in [0.2, 0.25) is 0 Å². The molecule has 2 heterocycles. The molecule has 1 aliphatic heterocycles. The topological polar surface area (TPSA) is 78.2 Å². The largest absolute Gasteiger partial charge is 0.381 e. The minimum Gasteiger partial charge on any atom is -0.381 e. The van der Waals surface area contributed by atoms with Crippen LogP contribution in [0.1, 0.15) is 113 Å². The van der Waals surface area contributed by atoms with Crippen LogP contribution in [0.25, 0.3) is 10.9 Å². The first-order chi connectivity index (χ1) is 22.0. The van der Waals surface area contributed by atoms with E-state index in [9.17, 15) is 4.79 Å². The van der Waals surface area contributed by atoms with Crippen LogP contribution in [-0.4, -0.2) is 30.1 Å². The summed E-state index contributed by atoms with van der Waals surface area (Å²) >= 11 is 0. The van der Waals surface area contributed by atoms with Crippen LogP contribution in [0, 0.1) is 6.92 Å². The zero-order chi connectivity index (χ0) is 32.2. The van der Waals surface area contributed by atoms with Gasteiger partial charge in [-0.3, -0.25) is 4.79 Å². The summed E-state index contributed by atoms with van der Waals surface area (Å²) in [5.74, 6) is 0.430. The maximum Gasteiger partial charge on any atom is 0.257 e. The van der Waals surface area contributed by atoms with E-state index in [1.807, 2.05) is 32.0 Å². The molecule has 1 unspecified atom stereocenters. The minimum atomic E-state index is -0.0839. The van der Waals surface area contributed by atoms with Gasteiger partial charge in [-0.05, 0) is 92.5 Å². The molecule has 6 heteroatoms. The van der Waals surface area contributed by atoms with Gasteiger partial charge in [0.25, 0.3) is 5.91 Å². The lowest BCUT2D eigenvalue weighted by Crippen LogP contribution is -2.29. The predicted molar refractivity (Wildman–Crippen MR) is 193 cm³/mol. The van der Waals surface area contributed by atoms with E-state index in [-0.39, 0.29) is 5.91 Å². The number of unbranched alkanes of at least 4 members (excludes halogenated alkanes) is 1. The lowest BCUT2D eigenvalue weighted by Gasteiger charge is -2.26. The fourth-order valence-electron chi connectivity index (χ4n) is 6.26. The molecule has 1 fully saturated rings. The maximum atomic E-state index is 14.0. The number of ether oxygens (including phenoxy) is 1. The predicted octanol–water partition coefficient (Wildman–Crippen LogP) is 10.7. The Morgan fingerprint density at radius 3 is 2.42 bits per heavy atom. The highest BCUT2D eigenvalue weighted by Crippen LogP contribution is 2.34. The van der Waals surface area contributed by atoms with Crippen LogP contribution in [-0.2, 0) is 11.2 Å². The molecule has 1 saturated heterocycles. The molecule has 45 heavy (non-hydrogen) atoms. The zero-order valence-corrected chi connectivity index (χ0v) is 28.3. The van der Waals surface area contributed by atoms with Crippen molar-refractivity contribution < 1.29 is 9.53 Å². The summed E-state index contributed by atoms with van der Waals surface area (Å²) < 4.78 is 5.61. The molecule has 6 nitrogen and oxygen atoms in total. The van der Waals surface area contributed by atoms with Gasteiger partial charge in [0, 0.05) is 52.9 Å². The van der Waals surface area contributed by atoms with E-state index >= 15 is 0 Å². The molecule has 5 rings (SSSR count). The van der Waals surface area contributed by atoms with Crippen LogP contribution >= 0.6 is 0 Å². The number of para-hydroxylation sites is 1. The van der Waals surface area contributed by atoms with Crippen LogP contribution in [0.3, 0.4) is 0 Å². The Hall–Kier alpha value is -3.77. The average Bonchev–Trinajstić information content (AvgIpc) is 3.41. The third-order valence-corrected chi connectivity index (χ3v) is 8.78. The van der Waals surface area contributed by atoms with Gasteiger partial charge < -0.3 is 25.7 Å². The normalized spacial score (nSPS) is 14.0. The molecule has 1 atom stereocenters. The smallest absolute Gasteiger partial charge is 0.257 e. The van der Waals surface area contributed by atoms with Crippen molar-refractivity contribution in [3.8, 4) is 0 Å². The number of aromatic nitrogens is 1. The number of rotatable bonds is 13. The third kappa shape index (κ3) is 8.70. The molecular weight excluding hydrogens is 556 g/mol. The Labute approximate surface area is 270 Å². The van der Waals surface area contributed by atoms with Gasteiger partial charge >= 0.3 is 0 Å². The van der Waals surface area contributed by atoms with E-state index in [0.717, 1.165) is 84.7 Å². The lowest BCUT2D eigenvalue weighted by atomic mass is 9.88. The van der Waals surface area contributed by atoms with E-state index in [1.54, 1.807) is 0 Å². The molecule has 1 amide bonds. The number of amides is 1. The average molecular weight is 611 g/mol. The molecule has 0 radical (unpaired) electrons. The monoisotopic (exact) mass is 610 g/mol. The fraction of sp³-hybridized carbons (Fsp3) is 0.462. The lowest BCUT2D eigenvalue weighted by molar-refractivity contribution is 0.0904. The van der Waals surface area contributed by atoms with Crippen LogP contribution in [0.5, 0.6) is 0 Å². The van der Waals surface area contributed by atoms with Crippen molar-refractivity contribution in [3.05, 3.63) is 83.0 Å². The van der Waals surface area contributed by atoms with E-state index in [1.165, 1.54) is 30.4 Å². The highest BCUT2D eigenvalue weighted by molar-refractivity contribution is 6.12. The van der Waals surface area contributed by atoms with Crippen molar-refractivity contribution in [1.82, 2.24) is 4.98 Å². The number of fused-ring (bicyclic) bond motifs is 1. The second-order valence-electron chi connectivity index (χ2n) is 12.0. The molecule has 0 bridgehead atoms. The van der Waals surface area contributed by atoms with Gasteiger partial charge in [-0.1, -0.05) is 78.1 Å². The Morgan fingerprint density at radius 1 is 0.933 bits per heavy atom. The van der Waals surface area contributed by atoms with Crippen molar-refractivity contribution in [2.75, 3.05) is 29.2 Å². The van der Waals surface area contributed by atoms with Crippen LogP contribution < -0.4 is 16.0 Å². The fourth-order valence-corrected chi connectivity index (χ4v) is 6.26. The van der Waals surface area contributed by atoms with E-state index < -0.39 is 0 Å². The van der Waals surface area contributed by atoms with Gasteiger partial charge in [-0.2, -0.15) is 0 Å². The highest BCUT2D eigenvalue weighted by atomic mass is 16.5. The molecule has 4 N–H and O–H groups in total. The zero-order valence-electron chi connectivity index (χ0n) is 28.3. The number of carbonyl (C=O) groups excluding carboxylic acids is 1. The van der Waals surface area contributed by atoms with Crippen LogP contribution in [0.15, 0.2) is 60.7 Å². The number of carbonyl (C=O) groups is 1. The minimum absolute atomic E-state index is 0.0839. The summed E-state index contributed by atoms with van der Waals surface area (Å²) in [6.07, 6.45) is 8.59. The second kappa shape index (κ2) is 17.1. The van der Waals surface area contributed by atoms with Crippen molar-refractivity contribution in [2.45, 2.75) is 105 Å². The Bertz CT molecular complexity index is 1520. The van der Waals surface area contributed by atoms with E-state index in [4.69, 9.17) is 4.74 Å². The first-order valence-electron chi connectivity index (χ1n) is 17.3. The van der Waals surface area contributed by atoms with E-state index in [2.05, 4.69) is 91.1 Å². The summed E-state index contributed by atoms with van der Waals surface area (Å²) in [4.78, 5) is 17.6. The first kappa shape index (κ1) is 34.1. The SMILES string of the molecule is CC.CCCCC(CCC)c1ccc(C(=O)Nc2c(CC)[nH]c3cc(Nc4ccccc4C)ccc23)c(NC2CCOCC2)c1. The molecule has 0 spiro atoms. The number of anilines is 4. The highest BCUT2D eigenvalue weighted by Gasteiger charge is 2.22. The molecule has 3 aromatic carbocycles. The van der Waals surface area contributed by atoms with Gasteiger partial charge in [-0.25, -0.2) is 0 Å². The van der Waals surface area contributed by atoms with Crippen molar-refractivity contribution in [2.24, 2.45) is 0 Å². The summed E-state index contributed by atoms with van der Waals surface area (Å²) in [6, 6.07) is 21.3. The standard InChI is InChI=1S/C37H48N4O2.C2H6/c1-5-8-13-26(11-6-2)27-15-17-31(34(23-27)38-28-19-21-43-22-20-28)37(42)41-36-30-18-16-29(24-35(30)40-32(36)7-3)39-33-14-10-9-12-25(33)4;1-2/h9-10,12,14-18,23-24,26,28,38-40H,5-8,11,13,19-22H2,1-4H3,(H,41,42);1-2H3. The third-order valence-electron chi connectivity index (χ3n) is 8.78. The molecule has 242 valence electrons. The molecule has 1 aliphatic rings. The van der Waals surface area contributed by atoms with Crippen molar-refractivity contribution >= 4 is 39.6 Å². The quantitative estimate of drug-likeness (QED) is 0.121. The molecule has 1 aromatic heterocycles. The van der Waals surface area contributed by atoms with Gasteiger partial charge in [0.1, 0.15) is 0 Å². The molecular formula is C39H54N4O2. The number of aryl methyl sites for hydroxylation is 2. The second-order valence-corrected chi connectivity index (χ2v) is 12.0. The van der Waals surface area contributed by atoms with Crippen molar-refractivity contribution in [1.29, 1.82) is 0 Å². The number of hydrogen-bond acceptors (Lipinski definition) is 4. The number of benzene rings is 3. The summed E-state index contributed by atoms with van der Waals surface area (Å²) in [7, 11) is 0. The Balaban J connectivity index is 0.00000226. The molecule has 4 aromatic rings. The number of H-pyrrole nitrogens is 1. The summed E-state index contributed by atoms with van der Waals surface area (Å²) in [5, 5.41) is 11.6. The Morgan fingerprint density at radius 2 is 1.71 bits per heavy atom.